The minimum absolute atomic E-state index is 0.156. The SMILES string of the molecule is CCN1C(=O)N/C(=C/c2ccc(-c3ccc(C(=O)O)cc3)o2)C1=O. The van der Waals surface area contributed by atoms with Crippen molar-refractivity contribution in [2.24, 2.45) is 0 Å². The van der Waals surface area contributed by atoms with Gasteiger partial charge in [0.1, 0.15) is 17.2 Å². The highest BCUT2D eigenvalue weighted by Gasteiger charge is 2.32. The second-order valence-corrected chi connectivity index (χ2v) is 5.12. The number of rotatable bonds is 4. The van der Waals surface area contributed by atoms with E-state index in [9.17, 15) is 14.4 Å². The van der Waals surface area contributed by atoms with Crippen molar-refractivity contribution in [2.45, 2.75) is 6.92 Å². The summed E-state index contributed by atoms with van der Waals surface area (Å²) in [7, 11) is 0. The van der Waals surface area contributed by atoms with Gasteiger partial charge in [0.25, 0.3) is 5.91 Å². The standard InChI is InChI=1S/C17H14N2O5/c1-2-19-15(20)13(18-17(19)23)9-12-7-8-14(24-12)10-3-5-11(6-4-10)16(21)22/h3-9H,2H2,1H3,(H,18,23)(H,21,22)/b13-9+. The van der Waals surface area contributed by atoms with Gasteiger partial charge in [-0.1, -0.05) is 12.1 Å². The molecular weight excluding hydrogens is 312 g/mol. The summed E-state index contributed by atoms with van der Waals surface area (Å²) in [6.45, 7) is 2.01. The van der Waals surface area contributed by atoms with Gasteiger partial charge >= 0.3 is 12.0 Å². The summed E-state index contributed by atoms with van der Waals surface area (Å²) < 4.78 is 5.64. The summed E-state index contributed by atoms with van der Waals surface area (Å²) in [4.78, 5) is 35.6. The van der Waals surface area contributed by atoms with E-state index in [1.165, 1.54) is 18.2 Å². The van der Waals surface area contributed by atoms with E-state index in [2.05, 4.69) is 5.32 Å². The Kier molecular flexibility index (Phi) is 3.91. The molecule has 7 nitrogen and oxygen atoms in total. The lowest BCUT2D eigenvalue weighted by molar-refractivity contribution is -0.122. The average molecular weight is 326 g/mol. The highest BCUT2D eigenvalue weighted by atomic mass is 16.4. The highest BCUT2D eigenvalue weighted by Crippen LogP contribution is 2.24. The molecule has 24 heavy (non-hydrogen) atoms. The van der Waals surface area contributed by atoms with E-state index in [1.54, 1.807) is 31.2 Å². The largest absolute Gasteiger partial charge is 0.478 e. The molecule has 1 aliphatic heterocycles. The number of hydrogen-bond donors (Lipinski definition) is 2. The van der Waals surface area contributed by atoms with Crippen LogP contribution in [0, 0.1) is 0 Å². The molecule has 3 amide bonds. The molecule has 0 aliphatic carbocycles. The predicted octanol–water partition coefficient (Wildman–Crippen LogP) is 2.56. The zero-order valence-corrected chi connectivity index (χ0v) is 12.8. The van der Waals surface area contributed by atoms with Crippen molar-refractivity contribution in [3.8, 4) is 11.3 Å². The Morgan fingerprint density at radius 2 is 1.92 bits per heavy atom. The van der Waals surface area contributed by atoms with Gasteiger partial charge in [-0.2, -0.15) is 0 Å². The topological polar surface area (TPSA) is 99.8 Å². The molecule has 1 saturated heterocycles. The number of urea groups is 1. The summed E-state index contributed by atoms with van der Waals surface area (Å²) in [6, 6.07) is 9.17. The average Bonchev–Trinajstić information content (AvgIpc) is 3.13. The molecule has 7 heteroatoms. The first-order valence-electron chi connectivity index (χ1n) is 7.27. The normalized spacial score (nSPS) is 15.9. The van der Waals surface area contributed by atoms with Crippen molar-refractivity contribution in [3.63, 3.8) is 0 Å². The molecule has 0 saturated carbocycles. The minimum Gasteiger partial charge on any atom is -0.478 e. The van der Waals surface area contributed by atoms with Gasteiger partial charge in [-0.15, -0.1) is 0 Å². The van der Waals surface area contributed by atoms with E-state index < -0.39 is 17.9 Å². The molecule has 0 unspecified atom stereocenters. The van der Waals surface area contributed by atoms with Crippen molar-refractivity contribution < 1.29 is 23.9 Å². The number of nitrogens with one attached hydrogen (secondary N) is 1. The van der Waals surface area contributed by atoms with Crippen LogP contribution in [0.15, 0.2) is 46.5 Å². The van der Waals surface area contributed by atoms with Crippen molar-refractivity contribution in [2.75, 3.05) is 6.54 Å². The zero-order chi connectivity index (χ0) is 17.3. The number of likely N-dealkylation sites (N-methyl/N-ethyl adjacent to an activating group) is 1. The summed E-state index contributed by atoms with van der Waals surface area (Å²) >= 11 is 0. The number of carbonyl (C=O) groups is 3. The van der Waals surface area contributed by atoms with Crippen LogP contribution in [0.5, 0.6) is 0 Å². The number of imide groups is 1. The van der Waals surface area contributed by atoms with E-state index in [4.69, 9.17) is 9.52 Å². The highest BCUT2D eigenvalue weighted by molar-refractivity contribution is 6.13. The Hall–Kier alpha value is -3.35. The van der Waals surface area contributed by atoms with Gasteiger partial charge in [0.2, 0.25) is 0 Å². The van der Waals surface area contributed by atoms with Gasteiger partial charge in [-0.05, 0) is 31.2 Å². The van der Waals surface area contributed by atoms with Crippen LogP contribution < -0.4 is 5.32 Å². The van der Waals surface area contributed by atoms with Crippen LogP contribution in [0.1, 0.15) is 23.0 Å². The first-order chi connectivity index (χ1) is 11.5. The third kappa shape index (κ3) is 2.79. The van der Waals surface area contributed by atoms with Gasteiger partial charge < -0.3 is 14.8 Å². The molecular formula is C17H14N2O5. The van der Waals surface area contributed by atoms with Crippen molar-refractivity contribution in [1.82, 2.24) is 10.2 Å². The summed E-state index contributed by atoms with van der Waals surface area (Å²) in [5.41, 5.74) is 1.05. The number of carboxylic acid groups (broad SMARTS) is 1. The zero-order valence-electron chi connectivity index (χ0n) is 12.8. The molecule has 0 atom stereocenters. The monoisotopic (exact) mass is 326 g/mol. The smallest absolute Gasteiger partial charge is 0.335 e. The van der Waals surface area contributed by atoms with Gasteiger partial charge in [-0.25, -0.2) is 9.59 Å². The summed E-state index contributed by atoms with van der Waals surface area (Å²) in [6.07, 6.45) is 1.46. The molecule has 2 N–H and O–H groups in total. The summed E-state index contributed by atoms with van der Waals surface area (Å²) in [5.74, 6) is -0.453. The number of benzene rings is 1. The minimum atomic E-state index is -0.998. The Labute approximate surface area is 137 Å². The number of furan rings is 1. The Bertz CT molecular complexity index is 848. The summed E-state index contributed by atoms with van der Waals surface area (Å²) in [5, 5.41) is 11.4. The van der Waals surface area contributed by atoms with Crippen LogP contribution in [-0.2, 0) is 4.79 Å². The Morgan fingerprint density at radius 1 is 1.21 bits per heavy atom. The first-order valence-corrected chi connectivity index (χ1v) is 7.27. The van der Waals surface area contributed by atoms with E-state index in [-0.39, 0.29) is 11.3 Å². The quantitative estimate of drug-likeness (QED) is 0.664. The third-order valence-electron chi connectivity index (χ3n) is 3.61. The lowest BCUT2D eigenvalue weighted by Crippen LogP contribution is -2.30. The van der Waals surface area contributed by atoms with Crippen LogP contribution in [0.3, 0.4) is 0 Å². The molecule has 2 aromatic rings. The van der Waals surface area contributed by atoms with E-state index in [1.807, 2.05) is 0 Å². The molecule has 2 heterocycles. The van der Waals surface area contributed by atoms with Crippen molar-refractivity contribution in [3.05, 3.63) is 53.4 Å². The van der Waals surface area contributed by atoms with Crippen LogP contribution in [0.2, 0.25) is 0 Å². The molecule has 1 fully saturated rings. The Balaban J connectivity index is 1.83. The van der Waals surface area contributed by atoms with Gasteiger partial charge in [0, 0.05) is 18.2 Å². The van der Waals surface area contributed by atoms with E-state index >= 15 is 0 Å². The molecule has 0 bridgehead atoms. The maximum atomic E-state index is 12.0. The molecule has 1 aromatic carbocycles. The number of aromatic carboxylic acids is 1. The van der Waals surface area contributed by atoms with Gasteiger partial charge in [0.05, 0.1) is 5.56 Å². The van der Waals surface area contributed by atoms with E-state index in [0.29, 0.717) is 23.6 Å². The maximum Gasteiger partial charge on any atom is 0.335 e. The lowest BCUT2D eigenvalue weighted by atomic mass is 10.1. The van der Waals surface area contributed by atoms with Crippen molar-refractivity contribution in [1.29, 1.82) is 0 Å². The maximum absolute atomic E-state index is 12.0. The molecule has 0 spiro atoms. The number of amides is 3. The predicted molar refractivity (Wildman–Crippen MR) is 85.0 cm³/mol. The van der Waals surface area contributed by atoms with Crippen LogP contribution in [0.4, 0.5) is 4.79 Å². The fourth-order valence-electron chi connectivity index (χ4n) is 2.36. The van der Waals surface area contributed by atoms with Crippen molar-refractivity contribution >= 4 is 24.0 Å². The van der Waals surface area contributed by atoms with Gasteiger partial charge in [0.15, 0.2) is 0 Å². The van der Waals surface area contributed by atoms with Crippen LogP contribution in [0.25, 0.3) is 17.4 Å². The third-order valence-corrected chi connectivity index (χ3v) is 3.61. The molecule has 1 aliphatic rings. The molecule has 122 valence electrons. The molecule has 0 radical (unpaired) electrons. The first kappa shape index (κ1) is 15.5. The van der Waals surface area contributed by atoms with E-state index in [0.717, 1.165) is 4.90 Å². The number of hydrogen-bond acceptors (Lipinski definition) is 4. The van der Waals surface area contributed by atoms with Gasteiger partial charge in [-0.3, -0.25) is 9.69 Å². The molecule has 3 rings (SSSR count). The second kappa shape index (κ2) is 6.04. The fraction of sp³-hybridized carbons (Fsp3) is 0.118. The second-order valence-electron chi connectivity index (χ2n) is 5.12. The number of carbonyl (C=O) groups excluding carboxylic acids is 2. The van der Waals surface area contributed by atoms with Crippen LogP contribution >= 0.6 is 0 Å². The fourth-order valence-corrected chi connectivity index (χ4v) is 2.36. The molecule has 1 aromatic heterocycles. The lowest BCUT2D eigenvalue weighted by Gasteiger charge is -2.05. The van der Waals surface area contributed by atoms with Crippen LogP contribution in [-0.4, -0.2) is 34.5 Å². The number of nitrogens with zero attached hydrogens (tertiary/aromatic N) is 1. The number of carboxylic acids is 1. The Morgan fingerprint density at radius 3 is 2.50 bits per heavy atom.